The maximum absolute atomic E-state index is 4.79. The van der Waals surface area contributed by atoms with Gasteiger partial charge >= 0.3 is 0 Å². The summed E-state index contributed by atoms with van der Waals surface area (Å²) in [6.45, 7) is 0. The van der Waals surface area contributed by atoms with Crippen molar-refractivity contribution in [2.45, 2.75) is 0 Å². The first kappa shape index (κ1) is 4.59. The van der Waals surface area contributed by atoms with Crippen LogP contribution >= 0.6 is 12.2 Å². The first-order valence-corrected chi connectivity index (χ1v) is 2.41. The van der Waals surface area contributed by atoms with Gasteiger partial charge in [-0.05, 0) is 12.2 Å². The summed E-state index contributed by atoms with van der Waals surface area (Å²) in [5, 5.41) is 0. The molecule has 2 nitrogen and oxygen atoms in total. The van der Waals surface area contributed by atoms with Crippen molar-refractivity contribution in [3.63, 3.8) is 0 Å². The Morgan fingerprint density at radius 2 is 2.57 bits per heavy atom. The number of imidazole rings is 1. The second-order valence-corrected chi connectivity index (χ2v) is 1.76. The first-order valence-electron chi connectivity index (χ1n) is 2.01. The van der Waals surface area contributed by atoms with E-state index in [-0.39, 0.29) is 0 Å². The average molecular weight is 115 g/mol. The minimum absolute atomic E-state index is 0.764. The number of nitrogens with zero attached hydrogens (tertiary/aromatic N) is 1. The van der Waals surface area contributed by atoms with Gasteiger partial charge in [0.05, 0.1) is 0 Å². The number of hydrogen-bond donors (Lipinski definition) is 1. The van der Waals surface area contributed by atoms with Gasteiger partial charge in [-0.25, -0.2) is 0 Å². The monoisotopic (exact) mass is 115 g/mol. The van der Waals surface area contributed by atoms with E-state index in [0.29, 0.717) is 0 Å². The van der Waals surface area contributed by atoms with Crippen LogP contribution in [0.4, 0.5) is 0 Å². The highest BCUT2D eigenvalue weighted by Crippen LogP contribution is 1.81. The zero-order valence-electron chi connectivity index (χ0n) is 4.01. The lowest BCUT2D eigenvalue weighted by Crippen LogP contribution is -1.81. The summed E-state index contributed by atoms with van der Waals surface area (Å²) in [5.41, 5.74) is 0. The van der Waals surface area contributed by atoms with Crippen molar-refractivity contribution in [3.8, 4) is 0 Å². The largest absolute Gasteiger partial charge is 0.337 e. The molecule has 0 spiro atoms. The van der Waals surface area contributed by atoms with E-state index in [1.807, 2.05) is 24.0 Å². The summed E-state index contributed by atoms with van der Waals surface area (Å²) in [7, 11) is 1.90. The van der Waals surface area contributed by atoms with Gasteiger partial charge in [-0.15, -0.1) is 0 Å². The number of rotatable bonds is 0. The lowest BCUT2D eigenvalue weighted by atomic mass is 10.9. The Morgan fingerprint density at radius 1 is 1.86 bits per heavy atom. The third kappa shape index (κ3) is 0.718. The molecule has 0 saturated carbocycles. The van der Waals surface area contributed by atoms with Crippen molar-refractivity contribution < 1.29 is 0 Å². The number of aromatic nitrogens is 2. The molecule has 0 amide bonds. The van der Waals surface area contributed by atoms with Crippen LogP contribution in [0.2, 0.25) is 0 Å². The Kier molecular flexibility index (Phi) is 0.982. The van der Waals surface area contributed by atoms with Gasteiger partial charge in [0.2, 0.25) is 0 Å². The average Bonchev–Trinajstić information content (AvgIpc) is 1.91. The molecule has 0 aliphatic heterocycles. The third-order valence-corrected chi connectivity index (χ3v) is 1.23. The Hall–Kier alpha value is -0.570. The van der Waals surface area contributed by atoms with Crippen molar-refractivity contribution >= 4 is 12.2 Å². The van der Waals surface area contributed by atoms with Crippen LogP contribution in [0.15, 0.2) is 12.4 Å². The minimum Gasteiger partial charge on any atom is -0.337 e. The highest BCUT2D eigenvalue weighted by atomic mass is 32.1. The topological polar surface area (TPSA) is 20.7 Å². The van der Waals surface area contributed by atoms with Crippen LogP contribution in [-0.4, -0.2) is 9.55 Å². The molecule has 0 aromatic carbocycles. The van der Waals surface area contributed by atoms with E-state index in [2.05, 4.69) is 4.98 Å². The molecule has 0 saturated heterocycles. The highest BCUT2D eigenvalue weighted by Gasteiger charge is 1.76. The predicted octanol–water partition coefficient (Wildman–Crippen LogP) is 1.08. The Balaban J connectivity index is 3.39. The number of H-pyrrole nitrogens is 1. The Morgan fingerprint density at radius 3 is 2.71 bits per heavy atom. The van der Waals surface area contributed by atoms with Crippen LogP contribution in [-0.2, 0) is 7.05 Å². The fraction of sp³-hybridized carbons (Fsp3) is 0.250. The van der Waals surface area contributed by atoms with Crippen LogP contribution in [0.3, 0.4) is 0 Å². The lowest BCUT2D eigenvalue weighted by Gasteiger charge is -1.79. The van der Waals surface area contributed by atoms with Crippen molar-refractivity contribution in [1.29, 1.82) is 0 Å². The molecule has 3 heteroatoms. The summed E-state index contributed by atoms with van der Waals surface area (Å²) < 4.78 is 2.61. The van der Waals surface area contributed by atoms with Gasteiger partial charge in [0.15, 0.2) is 4.77 Å². The Bertz CT molecular complexity index is 197. The molecule has 1 heterocycles. The van der Waals surface area contributed by atoms with Crippen LogP contribution in [0.25, 0.3) is 0 Å². The zero-order chi connectivity index (χ0) is 5.28. The summed E-state index contributed by atoms with van der Waals surface area (Å²) in [4.78, 5) is 2.85. The first-order chi connectivity index (χ1) is 3.30. The van der Waals surface area contributed by atoms with E-state index in [1.54, 1.807) is 0 Å². The molecule has 0 aliphatic rings. The maximum Gasteiger partial charge on any atom is 0.176 e. The molecule has 0 radical (unpaired) electrons. The number of aromatic amines is 1. The second kappa shape index (κ2) is 1.50. The number of aryl methyl sites for hydroxylation is 1. The minimum atomic E-state index is 0.764. The molecule has 0 aliphatic carbocycles. The molecule has 1 aromatic heterocycles. The van der Waals surface area contributed by atoms with Crippen molar-refractivity contribution in [2.75, 3.05) is 0 Å². The molecule has 1 N–H and O–H groups in total. The van der Waals surface area contributed by atoms with Crippen molar-refractivity contribution in [2.24, 2.45) is 7.05 Å². The van der Waals surface area contributed by atoms with Gasteiger partial charge in [-0.2, -0.15) is 0 Å². The van der Waals surface area contributed by atoms with E-state index in [9.17, 15) is 0 Å². The molecular formula is C4H6N2S. The van der Waals surface area contributed by atoms with Gasteiger partial charge in [0.1, 0.15) is 0 Å². The van der Waals surface area contributed by atoms with E-state index in [4.69, 9.17) is 12.2 Å². The van der Waals surface area contributed by atoms with Gasteiger partial charge in [-0.3, -0.25) is 0 Å². The second-order valence-electron chi connectivity index (χ2n) is 1.38. The fourth-order valence-electron chi connectivity index (χ4n) is 0.390. The fourth-order valence-corrected chi connectivity index (χ4v) is 0.519. The van der Waals surface area contributed by atoms with E-state index in [1.165, 1.54) is 0 Å². The van der Waals surface area contributed by atoms with Crippen molar-refractivity contribution in [1.82, 2.24) is 9.55 Å². The summed E-state index contributed by atoms with van der Waals surface area (Å²) in [6, 6.07) is 0. The Labute approximate surface area is 46.8 Å². The zero-order valence-corrected chi connectivity index (χ0v) is 4.83. The SMILES string of the molecule is Cn1cc[nH][13c]1=S. The number of hydrogen-bond acceptors (Lipinski definition) is 1. The quantitative estimate of drug-likeness (QED) is 0.502. The van der Waals surface area contributed by atoms with Crippen LogP contribution in [0, 0.1) is 4.77 Å². The van der Waals surface area contributed by atoms with Crippen LogP contribution in [0.1, 0.15) is 0 Å². The van der Waals surface area contributed by atoms with E-state index in [0.717, 1.165) is 4.77 Å². The van der Waals surface area contributed by atoms with Gasteiger partial charge in [0.25, 0.3) is 0 Å². The normalized spacial score (nSPS) is 9.29. The molecule has 0 fully saturated rings. The molecular weight excluding hydrogens is 109 g/mol. The molecule has 7 heavy (non-hydrogen) atoms. The smallest absolute Gasteiger partial charge is 0.176 e. The van der Waals surface area contributed by atoms with Crippen LogP contribution < -0.4 is 0 Å². The number of nitrogens with one attached hydrogen (secondary N) is 1. The maximum atomic E-state index is 4.79. The standard InChI is InChI=1S/C4H6N2S/c1-6-3-2-5-4(6)7/h2-3H,1H3,(H,5,7)/i4+1. The molecule has 1 rings (SSSR count). The van der Waals surface area contributed by atoms with Gasteiger partial charge in [0, 0.05) is 19.4 Å². The van der Waals surface area contributed by atoms with Crippen LogP contribution in [0.5, 0.6) is 0 Å². The van der Waals surface area contributed by atoms with E-state index < -0.39 is 0 Å². The summed E-state index contributed by atoms with van der Waals surface area (Å²) in [6.07, 6.45) is 3.69. The molecule has 0 unspecified atom stereocenters. The lowest BCUT2D eigenvalue weighted by molar-refractivity contribution is 0.894. The molecule has 38 valence electrons. The molecule has 1 aromatic rings. The van der Waals surface area contributed by atoms with Crippen molar-refractivity contribution in [3.05, 3.63) is 17.2 Å². The summed E-state index contributed by atoms with van der Waals surface area (Å²) >= 11 is 4.79. The van der Waals surface area contributed by atoms with Gasteiger partial charge < -0.3 is 9.55 Å². The molecule has 0 atom stereocenters. The highest BCUT2D eigenvalue weighted by molar-refractivity contribution is 7.71. The predicted molar refractivity (Wildman–Crippen MR) is 30.6 cm³/mol. The molecule has 0 bridgehead atoms. The van der Waals surface area contributed by atoms with Gasteiger partial charge in [-0.1, -0.05) is 0 Å². The third-order valence-electron chi connectivity index (χ3n) is 0.825. The summed E-state index contributed by atoms with van der Waals surface area (Å²) in [5.74, 6) is 0. The van der Waals surface area contributed by atoms with E-state index >= 15 is 0 Å².